The number of rotatable bonds is 10. The minimum atomic E-state index is -0.585. The van der Waals surface area contributed by atoms with Gasteiger partial charge in [0.15, 0.2) is 5.82 Å². The van der Waals surface area contributed by atoms with Crippen molar-refractivity contribution in [1.29, 1.82) is 0 Å². The largest absolute Gasteiger partial charge is 0.384 e. The van der Waals surface area contributed by atoms with Crippen molar-refractivity contribution in [1.82, 2.24) is 40.0 Å². The van der Waals surface area contributed by atoms with Gasteiger partial charge in [0.2, 0.25) is 0 Å². The second-order valence-corrected chi connectivity index (χ2v) is 11.2. The van der Waals surface area contributed by atoms with Gasteiger partial charge in [0.1, 0.15) is 23.3 Å². The maximum absolute atomic E-state index is 14.7. The molecule has 0 bridgehead atoms. The summed E-state index contributed by atoms with van der Waals surface area (Å²) in [5, 5.41) is 25.1. The molecule has 1 aliphatic carbocycles. The van der Waals surface area contributed by atoms with Crippen molar-refractivity contribution < 1.29 is 9.50 Å². The highest BCUT2D eigenvalue weighted by atomic mass is 19.1. The van der Waals surface area contributed by atoms with Gasteiger partial charge < -0.3 is 25.6 Å². The van der Waals surface area contributed by atoms with E-state index in [2.05, 4.69) is 45.7 Å². The average Bonchev–Trinajstić information content (AvgIpc) is 3.62. The second-order valence-electron chi connectivity index (χ2n) is 11.2. The Morgan fingerprint density at radius 1 is 1.00 bits per heavy atom. The summed E-state index contributed by atoms with van der Waals surface area (Å²) in [6.07, 6.45) is 8.32. The summed E-state index contributed by atoms with van der Waals surface area (Å²) in [5.74, 6) is 0.488. The summed E-state index contributed by atoms with van der Waals surface area (Å²) in [7, 11) is 3.99. The van der Waals surface area contributed by atoms with Crippen LogP contribution in [-0.2, 0) is 0 Å². The predicted octanol–water partition coefficient (Wildman–Crippen LogP) is 4.88. The third-order valence-corrected chi connectivity index (χ3v) is 7.55. The van der Waals surface area contributed by atoms with Crippen LogP contribution >= 0.6 is 0 Å². The zero-order valence-electron chi connectivity index (χ0n) is 23.8. The van der Waals surface area contributed by atoms with E-state index in [-0.39, 0.29) is 5.82 Å². The third kappa shape index (κ3) is 5.62. The molecule has 1 unspecified atom stereocenters. The summed E-state index contributed by atoms with van der Waals surface area (Å²) in [5.41, 5.74) is 6.87. The van der Waals surface area contributed by atoms with Crippen molar-refractivity contribution in [3.05, 3.63) is 67.0 Å². The Balaban J connectivity index is 1.22. The molecule has 0 aliphatic heterocycles. The zero-order chi connectivity index (χ0) is 29.5. The fourth-order valence-electron chi connectivity index (χ4n) is 5.13. The van der Waals surface area contributed by atoms with Crippen LogP contribution in [0, 0.1) is 11.7 Å². The molecule has 1 atom stereocenters. The number of likely N-dealkylation sites (N-methyl/N-ethyl adjacent to an activating group) is 1. The van der Waals surface area contributed by atoms with Crippen LogP contribution in [0.25, 0.3) is 56.0 Å². The zero-order valence-corrected chi connectivity index (χ0v) is 23.8. The van der Waals surface area contributed by atoms with E-state index < -0.39 is 6.23 Å². The standard InChI is InChI=1S/C31H31FN10O/c1-42(2)8-7-34-21-10-18(9-20(32)12-21)27-29-24(5-6-35-27)38-30(39-29)28-23-13-25(36-16-26(23)40-41-28)19-11-22(15-33-14-19)37-31(43)17-3-4-17/h5-6,9-17,31,34,37,43H,3-4,7-8H2,1-2H3,(H,38,39)(H,40,41). The highest BCUT2D eigenvalue weighted by Gasteiger charge is 2.29. The van der Waals surface area contributed by atoms with Gasteiger partial charge in [-0.3, -0.25) is 20.1 Å². The van der Waals surface area contributed by atoms with E-state index >= 15 is 0 Å². The summed E-state index contributed by atoms with van der Waals surface area (Å²) in [4.78, 5) is 23.8. The molecule has 0 saturated heterocycles. The van der Waals surface area contributed by atoms with Crippen LogP contribution in [-0.4, -0.2) is 78.5 Å². The lowest BCUT2D eigenvalue weighted by Gasteiger charge is -2.13. The van der Waals surface area contributed by atoms with Gasteiger partial charge in [-0.1, -0.05) is 0 Å². The average molecular weight is 579 g/mol. The summed E-state index contributed by atoms with van der Waals surface area (Å²) >= 11 is 0. The number of aliphatic hydroxyl groups excluding tert-OH is 1. The van der Waals surface area contributed by atoms with Gasteiger partial charge in [-0.2, -0.15) is 5.10 Å². The molecule has 7 rings (SSSR count). The minimum Gasteiger partial charge on any atom is -0.384 e. The first-order chi connectivity index (χ1) is 20.9. The molecule has 5 heterocycles. The van der Waals surface area contributed by atoms with Crippen molar-refractivity contribution in [3.63, 3.8) is 0 Å². The van der Waals surface area contributed by atoms with Crippen molar-refractivity contribution in [2.75, 3.05) is 37.8 Å². The molecule has 43 heavy (non-hydrogen) atoms. The first kappa shape index (κ1) is 26.9. The maximum Gasteiger partial charge on any atom is 0.159 e. The molecule has 5 N–H and O–H groups in total. The molecule has 5 aromatic heterocycles. The lowest BCUT2D eigenvalue weighted by molar-refractivity contribution is 0.180. The SMILES string of the molecule is CN(C)CCNc1cc(F)cc(-c2nccc3[nH]c(-c4n[nH]c5cnc(-c6cncc(NC(O)C7CC7)c6)cc45)nc23)c1. The third-order valence-electron chi connectivity index (χ3n) is 7.55. The molecule has 1 aromatic carbocycles. The molecule has 0 spiro atoms. The van der Waals surface area contributed by atoms with E-state index in [0.29, 0.717) is 52.1 Å². The van der Waals surface area contributed by atoms with E-state index in [1.165, 1.54) is 12.1 Å². The fourth-order valence-corrected chi connectivity index (χ4v) is 5.13. The highest BCUT2D eigenvalue weighted by Crippen LogP contribution is 2.35. The van der Waals surface area contributed by atoms with Crippen LogP contribution in [0.5, 0.6) is 0 Å². The first-order valence-electron chi connectivity index (χ1n) is 14.2. The Bertz CT molecular complexity index is 1930. The van der Waals surface area contributed by atoms with Crippen LogP contribution in [0.1, 0.15) is 12.8 Å². The Hall–Kier alpha value is -4.94. The minimum absolute atomic E-state index is 0.291. The number of pyridine rings is 3. The molecule has 1 fully saturated rings. The number of benzene rings is 1. The van der Waals surface area contributed by atoms with E-state index in [4.69, 9.17) is 4.98 Å². The number of nitrogens with one attached hydrogen (secondary N) is 4. The van der Waals surface area contributed by atoms with Gasteiger partial charge in [0, 0.05) is 53.6 Å². The predicted molar refractivity (Wildman–Crippen MR) is 165 cm³/mol. The molecule has 0 amide bonds. The Morgan fingerprint density at radius 2 is 1.86 bits per heavy atom. The molecule has 1 saturated carbocycles. The molecule has 6 aromatic rings. The lowest BCUT2D eigenvalue weighted by Crippen LogP contribution is -2.20. The highest BCUT2D eigenvalue weighted by molar-refractivity contribution is 5.97. The van der Waals surface area contributed by atoms with Gasteiger partial charge in [-0.25, -0.2) is 9.37 Å². The fraction of sp³-hybridized carbons (Fsp3) is 0.258. The van der Waals surface area contributed by atoms with Crippen LogP contribution in [0.4, 0.5) is 15.8 Å². The van der Waals surface area contributed by atoms with E-state index in [1.54, 1.807) is 24.8 Å². The number of hydrogen-bond donors (Lipinski definition) is 5. The van der Waals surface area contributed by atoms with Crippen LogP contribution in [0.2, 0.25) is 0 Å². The Kier molecular flexibility index (Phi) is 6.92. The number of nitrogens with zero attached hydrogens (tertiary/aromatic N) is 6. The maximum atomic E-state index is 14.7. The van der Waals surface area contributed by atoms with Crippen LogP contribution in [0.3, 0.4) is 0 Å². The molecule has 12 heteroatoms. The number of anilines is 2. The van der Waals surface area contributed by atoms with Crippen molar-refractivity contribution in [3.8, 4) is 34.0 Å². The number of H-pyrrole nitrogens is 2. The molecule has 218 valence electrons. The van der Waals surface area contributed by atoms with E-state index in [1.807, 2.05) is 38.4 Å². The van der Waals surface area contributed by atoms with Gasteiger partial charge in [0.25, 0.3) is 0 Å². The van der Waals surface area contributed by atoms with Crippen molar-refractivity contribution in [2.45, 2.75) is 19.1 Å². The summed E-state index contributed by atoms with van der Waals surface area (Å²) in [6.45, 7) is 1.50. The van der Waals surface area contributed by atoms with Gasteiger partial charge in [-0.15, -0.1) is 0 Å². The number of fused-ring (bicyclic) bond motifs is 2. The molecular formula is C31H31FN10O. The van der Waals surface area contributed by atoms with Crippen molar-refractivity contribution in [2.24, 2.45) is 5.92 Å². The van der Waals surface area contributed by atoms with Gasteiger partial charge in [0.05, 0.1) is 40.5 Å². The number of aromatic nitrogens is 7. The topological polar surface area (TPSA) is 144 Å². The molecule has 1 aliphatic rings. The lowest BCUT2D eigenvalue weighted by atomic mass is 10.1. The number of aromatic amines is 2. The number of imidazole rings is 1. The number of halogens is 1. The number of aliphatic hydroxyl groups is 1. The van der Waals surface area contributed by atoms with Crippen molar-refractivity contribution >= 4 is 33.3 Å². The van der Waals surface area contributed by atoms with Gasteiger partial charge >= 0.3 is 0 Å². The second kappa shape index (κ2) is 11.0. The molecule has 11 nitrogen and oxygen atoms in total. The first-order valence-corrected chi connectivity index (χ1v) is 14.2. The Morgan fingerprint density at radius 3 is 2.70 bits per heavy atom. The quantitative estimate of drug-likeness (QED) is 0.144. The molecular weight excluding hydrogens is 547 g/mol. The number of hydrogen-bond acceptors (Lipinski definition) is 9. The summed E-state index contributed by atoms with van der Waals surface area (Å²) < 4.78 is 14.7. The normalized spacial score (nSPS) is 14.1. The smallest absolute Gasteiger partial charge is 0.159 e. The molecule has 0 radical (unpaired) electrons. The van der Waals surface area contributed by atoms with E-state index in [0.717, 1.165) is 47.1 Å². The Labute approximate surface area is 246 Å². The van der Waals surface area contributed by atoms with Crippen LogP contribution in [0.15, 0.2) is 61.2 Å². The monoisotopic (exact) mass is 578 g/mol. The van der Waals surface area contributed by atoms with Crippen LogP contribution < -0.4 is 10.6 Å². The van der Waals surface area contributed by atoms with Gasteiger partial charge in [-0.05, 0) is 63.3 Å². The van der Waals surface area contributed by atoms with E-state index in [9.17, 15) is 9.50 Å². The summed E-state index contributed by atoms with van der Waals surface area (Å²) in [6, 6.07) is 10.5.